The zero-order valence-corrected chi connectivity index (χ0v) is 15.2. The van der Waals surface area contributed by atoms with Crippen LogP contribution in [0.2, 0.25) is 0 Å². The molecule has 2 heterocycles. The number of hydrogen-bond acceptors (Lipinski definition) is 3. The lowest BCUT2D eigenvalue weighted by Crippen LogP contribution is -2.31. The van der Waals surface area contributed by atoms with Crippen molar-refractivity contribution in [3.8, 4) is 16.9 Å². The summed E-state index contributed by atoms with van der Waals surface area (Å²) < 4.78 is 2.01. The van der Waals surface area contributed by atoms with Crippen LogP contribution in [0.25, 0.3) is 16.9 Å². The van der Waals surface area contributed by atoms with Crippen LogP contribution in [-0.2, 0) is 6.54 Å². The number of nitrogens with zero attached hydrogens (tertiary/aromatic N) is 3. The van der Waals surface area contributed by atoms with Crippen molar-refractivity contribution in [1.82, 2.24) is 14.7 Å². The summed E-state index contributed by atoms with van der Waals surface area (Å²) in [5.74, 6) is 0. The van der Waals surface area contributed by atoms with E-state index in [1.165, 1.54) is 17.5 Å². The molecule has 2 aromatic carbocycles. The SMILES string of the molecule is Cc1cc(-c2cccc(CN3CCC[C@H]3CO)c2)n(-c2ccccc2)n1. The number of aryl methyl sites for hydroxylation is 1. The Labute approximate surface area is 154 Å². The molecule has 0 radical (unpaired) electrons. The Bertz CT molecular complexity index is 872. The first kappa shape index (κ1) is 17.0. The predicted octanol–water partition coefficient (Wildman–Crippen LogP) is 3.80. The molecule has 4 heteroatoms. The minimum Gasteiger partial charge on any atom is -0.395 e. The highest BCUT2D eigenvalue weighted by molar-refractivity contribution is 5.63. The fourth-order valence-electron chi connectivity index (χ4n) is 3.84. The van der Waals surface area contributed by atoms with Gasteiger partial charge in [-0.3, -0.25) is 4.90 Å². The minimum atomic E-state index is 0.250. The summed E-state index contributed by atoms with van der Waals surface area (Å²) in [6.45, 7) is 4.23. The second-order valence-corrected chi connectivity index (χ2v) is 7.07. The lowest BCUT2D eigenvalue weighted by atomic mass is 10.1. The fraction of sp³-hybridized carbons (Fsp3) is 0.318. The maximum Gasteiger partial charge on any atom is 0.0743 e. The van der Waals surface area contributed by atoms with Crippen LogP contribution in [0.5, 0.6) is 0 Å². The molecule has 1 aliphatic heterocycles. The van der Waals surface area contributed by atoms with E-state index >= 15 is 0 Å². The summed E-state index contributed by atoms with van der Waals surface area (Å²) in [6, 6.07) is 21.4. The summed E-state index contributed by atoms with van der Waals surface area (Å²) in [5, 5.41) is 14.2. The highest BCUT2D eigenvalue weighted by Gasteiger charge is 2.23. The number of benzene rings is 2. The smallest absolute Gasteiger partial charge is 0.0743 e. The third kappa shape index (κ3) is 3.43. The molecule has 1 aliphatic rings. The van der Waals surface area contributed by atoms with Gasteiger partial charge in [-0.2, -0.15) is 5.10 Å². The van der Waals surface area contributed by atoms with Gasteiger partial charge in [0.1, 0.15) is 0 Å². The highest BCUT2D eigenvalue weighted by Crippen LogP contribution is 2.26. The van der Waals surface area contributed by atoms with Crippen molar-refractivity contribution < 1.29 is 5.11 Å². The molecule has 0 amide bonds. The van der Waals surface area contributed by atoms with Gasteiger partial charge in [0.2, 0.25) is 0 Å². The molecule has 0 spiro atoms. The van der Waals surface area contributed by atoms with Crippen molar-refractivity contribution in [1.29, 1.82) is 0 Å². The van der Waals surface area contributed by atoms with Gasteiger partial charge in [0.15, 0.2) is 0 Å². The van der Waals surface area contributed by atoms with E-state index in [-0.39, 0.29) is 6.61 Å². The number of likely N-dealkylation sites (tertiary alicyclic amines) is 1. The Kier molecular flexibility index (Phi) is 4.87. The monoisotopic (exact) mass is 347 g/mol. The Hall–Kier alpha value is -2.43. The second kappa shape index (κ2) is 7.44. The van der Waals surface area contributed by atoms with Gasteiger partial charge in [0, 0.05) is 18.2 Å². The Morgan fingerprint density at radius 1 is 1.08 bits per heavy atom. The molecular weight excluding hydrogens is 322 g/mol. The fourth-order valence-corrected chi connectivity index (χ4v) is 3.84. The maximum absolute atomic E-state index is 9.56. The first-order chi connectivity index (χ1) is 12.7. The normalized spacial score (nSPS) is 17.7. The molecule has 0 bridgehead atoms. The van der Waals surface area contributed by atoms with Gasteiger partial charge in [0.25, 0.3) is 0 Å². The highest BCUT2D eigenvalue weighted by atomic mass is 16.3. The summed E-state index contributed by atoms with van der Waals surface area (Å²) in [4.78, 5) is 2.39. The maximum atomic E-state index is 9.56. The molecule has 1 fully saturated rings. The molecular formula is C22H25N3O. The van der Waals surface area contributed by atoms with Gasteiger partial charge in [-0.25, -0.2) is 4.68 Å². The molecule has 1 atom stereocenters. The third-order valence-corrected chi connectivity index (χ3v) is 5.15. The lowest BCUT2D eigenvalue weighted by molar-refractivity contribution is 0.153. The van der Waals surface area contributed by atoms with Crippen LogP contribution < -0.4 is 0 Å². The van der Waals surface area contributed by atoms with E-state index < -0.39 is 0 Å². The molecule has 4 rings (SSSR count). The lowest BCUT2D eigenvalue weighted by Gasteiger charge is -2.22. The summed E-state index contributed by atoms with van der Waals surface area (Å²) in [5.41, 5.74) is 5.64. The first-order valence-corrected chi connectivity index (χ1v) is 9.31. The van der Waals surface area contributed by atoms with E-state index in [4.69, 9.17) is 0 Å². The van der Waals surface area contributed by atoms with Gasteiger partial charge in [-0.1, -0.05) is 36.4 Å². The van der Waals surface area contributed by atoms with Crippen molar-refractivity contribution in [2.45, 2.75) is 32.4 Å². The first-order valence-electron chi connectivity index (χ1n) is 9.31. The van der Waals surface area contributed by atoms with E-state index in [2.05, 4.69) is 52.5 Å². The molecule has 0 aliphatic carbocycles. The average Bonchev–Trinajstić information content (AvgIpc) is 3.29. The van der Waals surface area contributed by atoms with E-state index in [0.29, 0.717) is 6.04 Å². The number of rotatable bonds is 5. The zero-order chi connectivity index (χ0) is 17.9. The number of aromatic nitrogens is 2. The van der Waals surface area contributed by atoms with Crippen LogP contribution in [0.4, 0.5) is 0 Å². The van der Waals surface area contributed by atoms with Crippen molar-refractivity contribution in [3.63, 3.8) is 0 Å². The van der Waals surface area contributed by atoms with E-state index in [9.17, 15) is 5.11 Å². The second-order valence-electron chi connectivity index (χ2n) is 7.07. The predicted molar refractivity (Wildman–Crippen MR) is 104 cm³/mol. The van der Waals surface area contributed by atoms with Crippen LogP contribution in [-0.4, -0.2) is 39.0 Å². The Morgan fingerprint density at radius 2 is 1.92 bits per heavy atom. The van der Waals surface area contributed by atoms with Crippen molar-refractivity contribution in [2.75, 3.05) is 13.2 Å². The molecule has 1 aromatic heterocycles. The van der Waals surface area contributed by atoms with E-state index in [1.807, 2.05) is 29.8 Å². The molecule has 4 nitrogen and oxygen atoms in total. The molecule has 26 heavy (non-hydrogen) atoms. The van der Waals surface area contributed by atoms with Gasteiger partial charge in [-0.05, 0) is 56.1 Å². The zero-order valence-electron chi connectivity index (χ0n) is 15.2. The van der Waals surface area contributed by atoms with Gasteiger partial charge >= 0.3 is 0 Å². The Balaban J connectivity index is 1.65. The van der Waals surface area contributed by atoms with Gasteiger partial charge < -0.3 is 5.11 Å². The molecule has 0 unspecified atom stereocenters. The van der Waals surface area contributed by atoms with Crippen molar-refractivity contribution in [2.24, 2.45) is 0 Å². The minimum absolute atomic E-state index is 0.250. The molecule has 1 N–H and O–H groups in total. The van der Waals surface area contributed by atoms with Gasteiger partial charge in [0.05, 0.1) is 23.7 Å². The van der Waals surface area contributed by atoms with Crippen molar-refractivity contribution in [3.05, 3.63) is 71.9 Å². The van der Waals surface area contributed by atoms with Crippen LogP contribution in [0.1, 0.15) is 24.1 Å². The average molecular weight is 347 g/mol. The largest absolute Gasteiger partial charge is 0.395 e. The summed E-state index contributed by atoms with van der Waals surface area (Å²) >= 11 is 0. The van der Waals surface area contributed by atoms with Crippen LogP contribution >= 0.6 is 0 Å². The number of aliphatic hydroxyl groups excluding tert-OH is 1. The standard InChI is InChI=1S/C22H25N3O/c1-17-13-22(25(23-17)20-9-3-2-4-10-20)19-8-5-7-18(14-19)15-24-12-6-11-21(24)16-26/h2-5,7-10,13-14,21,26H,6,11-12,15-16H2,1H3/t21-/m0/s1. The van der Waals surface area contributed by atoms with Gasteiger partial charge in [-0.15, -0.1) is 0 Å². The van der Waals surface area contributed by atoms with Crippen LogP contribution in [0, 0.1) is 6.92 Å². The van der Waals surface area contributed by atoms with Crippen LogP contribution in [0.15, 0.2) is 60.7 Å². The quantitative estimate of drug-likeness (QED) is 0.763. The Morgan fingerprint density at radius 3 is 2.73 bits per heavy atom. The molecule has 1 saturated heterocycles. The molecule has 3 aromatic rings. The number of aliphatic hydroxyl groups is 1. The number of para-hydroxylation sites is 1. The van der Waals surface area contributed by atoms with Crippen molar-refractivity contribution >= 4 is 0 Å². The number of hydrogen-bond donors (Lipinski definition) is 1. The van der Waals surface area contributed by atoms with E-state index in [1.54, 1.807) is 0 Å². The van der Waals surface area contributed by atoms with E-state index in [0.717, 1.165) is 36.6 Å². The summed E-state index contributed by atoms with van der Waals surface area (Å²) in [6.07, 6.45) is 2.26. The molecule has 134 valence electrons. The topological polar surface area (TPSA) is 41.3 Å². The molecule has 0 saturated carbocycles. The van der Waals surface area contributed by atoms with Crippen LogP contribution in [0.3, 0.4) is 0 Å². The summed E-state index contributed by atoms with van der Waals surface area (Å²) in [7, 11) is 0. The third-order valence-electron chi connectivity index (χ3n) is 5.15.